The first-order valence-electron chi connectivity index (χ1n) is 8.58. The maximum Gasteiger partial charge on any atom is 0.417 e. The Kier molecular flexibility index (Phi) is 6.30. The Morgan fingerprint density at radius 3 is 2.33 bits per heavy atom. The van der Waals surface area contributed by atoms with Gasteiger partial charge in [-0.1, -0.05) is 35.9 Å². The molecule has 0 unspecified atom stereocenters. The average Bonchev–Trinajstić information content (AvgIpc) is 2.69. The second kappa shape index (κ2) is 8.58. The predicted molar refractivity (Wildman–Crippen MR) is 106 cm³/mol. The number of nitrogens with zero attached hydrogens (tertiary/aromatic N) is 2. The topological polar surface area (TPSA) is 81.1 Å². The molecule has 0 spiro atoms. The van der Waals surface area contributed by atoms with E-state index in [2.05, 4.69) is 9.82 Å². The standard InChI is InChI=1S/C19H15ClF3N3O3S/c20-14-7-5-13(6-8-14)16-9-10-18(27)26(25-16)12-11-24-30(28,29)17-4-2-1-3-15(17)19(21,22)23/h1-10,24H,11-12H2. The highest BCUT2D eigenvalue weighted by Crippen LogP contribution is 2.33. The van der Waals surface area contributed by atoms with Crippen molar-refractivity contribution in [1.29, 1.82) is 0 Å². The van der Waals surface area contributed by atoms with Gasteiger partial charge in [0.2, 0.25) is 10.0 Å². The third kappa shape index (κ3) is 5.07. The quantitative estimate of drug-likeness (QED) is 0.613. The Morgan fingerprint density at radius 1 is 1.00 bits per heavy atom. The first kappa shape index (κ1) is 22.0. The van der Waals surface area contributed by atoms with Crippen molar-refractivity contribution in [2.75, 3.05) is 6.54 Å². The lowest BCUT2D eigenvalue weighted by molar-refractivity contribution is -0.139. The number of nitrogens with one attached hydrogen (secondary N) is 1. The van der Waals surface area contributed by atoms with Crippen LogP contribution in [0.4, 0.5) is 13.2 Å². The molecule has 1 N–H and O–H groups in total. The lowest BCUT2D eigenvalue weighted by atomic mass is 10.1. The molecule has 6 nitrogen and oxygen atoms in total. The Hall–Kier alpha value is -2.69. The molecule has 0 aliphatic carbocycles. The van der Waals surface area contributed by atoms with Gasteiger partial charge in [-0.15, -0.1) is 0 Å². The van der Waals surface area contributed by atoms with Gasteiger partial charge >= 0.3 is 6.18 Å². The summed E-state index contributed by atoms with van der Waals surface area (Å²) in [5.41, 5.74) is -0.607. The molecule has 1 aromatic heterocycles. The molecule has 0 saturated carbocycles. The van der Waals surface area contributed by atoms with Crippen LogP contribution in [-0.4, -0.2) is 24.7 Å². The maximum atomic E-state index is 13.1. The fourth-order valence-electron chi connectivity index (χ4n) is 2.68. The molecule has 3 aromatic rings. The second-order valence-corrected chi connectivity index (χ2v) is 8.35. The fourth-order valence-corrected chi connectivity index (χ4v) is 4.06. The number of hydrogen-bond donors (Lipinski definition) is 1. The highest BCUT2D eigenvalue weighted by molar-refractivity contribution is 7.89. The third-order valence-electron chi connectivity index (χ3n) is 4.10. The van der Waals surface area contributed by atoms with E-state index in [-0.39, 0.29) is 13.1 Å². The van der Waals surface area contributed by atoms with Crippen LogP contribution in [0.15, 0.2) is 70.4 Å². The third-order valence-corrected chi connectivity index (χ3v) is 5.88. The summed E-state index contributed by atoms with van der Waals surface area (Å²) in [5.74, 6) is 0. The molecule has 0 amide bonds. The summed E-state index contributed by atoms with van der Waals surface area (Å²) < 4.78 is 67.1. The molecule has 1 heterocycles. The number of aromatic nitrogens is 2. The summed E-state index contributed by atoms with van der Waals surface area (Å²) in [6.45, 7) is -0.501. The zero-order valence-corrected chi connectivity index (χ0v) is 16.8. The molecule has 0 radical (unpaired) electrons. The number of halogens is 4. The van der Waals surface area contributed by atoms with E-state index in [0.29, 0.717) is 22.3 Å². The van der Waals surface area contributed by atoms with Gasteiger partial charge in [-0.2, -0.15) is 18.3 Å². The number of rotatable bonds is 6. The Bertz CT molecular complexity index is 1210. The molecule has 3 rings (SSSR count). The highest BCUT2D eigenvalue weighted by Gasteiger charge is 2.36. The molecule has 0 atom stereocenters. The molecule has 11 heteroatoms. The zero-order chi connectivity index (χ0) is 21.9. The predicted octanol–water partition coefficient (Wildman–Crippen LogP) is 3.56. The summed E-state index contributed by atoms with van der Waals surface area (Å²) in [6.07, 6.45) is -4.82. The molecule has 158 valence electrons. The summed E-state index contributed by atoms with van der Waals surface area (Å²) in [7, 11) is -4.45. The van der Waals surface area contributed by atoms with Gasteiger partial charge in [0, 0.05) is 23.2 Å². The smallest absolute Gasteiger partial charge is 0.268 e. The highest BCUT2D eigenvalue weighted by atomic mass is 35.5. The normalized spacial score (nSPS) is 12.1. The molecule has 0 aliphatic rings. The molecule has 2 aromatic carbocycles. The van der Waals surface area contributed by atoms with Crippen LogP contribution in [0.3, 0.4) is 0 Å². The second-order valence-electron chi connectivity index (χ2n) is 6.18. The van der Waals surface area contributed by atoms with E-state index in [1.165, 1.54) is 18.2 Å². The lowest BCUT2D eigenvalue weighted by Crippen LogP contribution is -2.32. The molecular formula is C19H15ClF3N3O3S. The lowest BCUT2D eigenvalue weighted by Gasteiger charge is -2.14. The van der Waals surface area contributed by atoms with Crippen LogP contribution in [0, 0.1) is 0 Å². The van der Waals surface area contributed by atoms with Crippen molar-refractivity contribution in [2.24, 2.45) is 0 Å². The van der Waals surface area contributed by atoms with Crippen LogP contribution < -0.4 is 10.3 Å². The van der Waals surface area contributed by atoms with Crippen LogP contribution in [-0.2, 0) is 22.7 Å². The van der Waals surface area contributed by atoms with E-state index >= 15 is 0 Å². The van der Waals surface area contributed by atoms with Gasteiger partial charge < -0.3 is 0 Å². The van der Waals surface area contributed by atoms with Crippen LogP contribution in [0.1, 0.15) is 5.56 Å². The van der Waals surface area contributed by atoms with Crippen molar-refractivity contribution >= 4 is 21.6 Å². The van der Waals surface area contributed by atoms with Crippen molar-refractivity contribution in [1.82, 2.24) is 14.5 Å². The Balaban J connectivity index is 1.78. The van der Waals surface area contributed by atoms with Crippen LogP contribution >= 0.6 is 11.6 Å². The summed E-state index contributed by atoms with van der Waals surface area (Å²) >= 11 is 5.85. The molecule has 0 bridgehead atoms. The van der Waals surface area contributed by atoms with E-state index in [1.54, 1.807) is 24.3 Å². The molecule has 30 heavy (non-hydrogen) atoms. The SMILES string of the molecule is O=c1ccc(-c2ccc(Cl)cc2)nn1CCNS(=O)(=O)c1ccccc1C(F)(F)F. The monoisotopic (exact) mass is 457 g/mol. The van der Waals surface area contributed by atoms with E-state index in [1.807, 2.05) is 0 Å². The van der Waals surface area contributed by atoms with Gasteiger partial charge in [0.1, 0.15) is 0 Å². The zero-order valence-electron chi connectivity index (χ0n) is 15.2. The summed E-state index contributed by atoms with van der Waals surface area (Å²) in [5, 5.41) is 4.70. The minimum absolute atomic E-state index is 0.173. The Labute approximate surface area is 175 Å². The van der Waals surface area contributed by atoms with Crippen molar-refractivity contribution in [3.63, 3.8) is 0 Å². The van der Waals surface area contributed by atoms with Gasteiger partial charge in [-0.05, 0) is 30.3 Å². The fraction of sp³-hybridized carbons (Fsp3) is 0.158. The van der Waals surface area contributed by atoms with Crippen LogP contribution in [0.25, 0.3) is 11.3 Å². The number of hydrogen-bond acceptors (Lipinski definition) is 4. The van der Waals surface area contributed by atoms with E-state index < -0.39 is 32.2 Å². The number of sulfonamides is 1. The summed E-state index contributed by atoms with van der Waals surface area (Å²) in [4.78, 5) is 11.1. The number of alkyl halides is 3. The van der Waals surface area contributed by atoms with Crippen molar-refractivity contribution in [3.05, 3.63) is 81.6 Å². The summed E-state index contributed by atoms with van der Waals surface area (Å²) in [6, 6.07) is 13.4. The average molecular weight is 458 g/mol. The van der Waals surface area contributed by atoms with Gasteiger partial charge in [0.05, 0.1) is 22.7 Å². The maximum absolute atomic E-state index is 13.1. The number of benzene rings is 2. The largest absolute Gasteiger partial charge is 0.417 e. The first-order chi connectivity index (χ1) is 14.1. The minimum atomic E-state index is -4.82. The van der Waals surface area contributed by atoms with Crippen LogP contribution in [0.5, 0.6) is 0 Å². The van der Waals surface area contributed by atoms with Gasteiger partial charge in [-0.3, -0.25) is 4.79 Å². The van der Waals surface area contributed by atoms with Crippen molar-refractivity contribution < 1.29 is 21.6 Å². The van der Waals surface area contributed by atoms with Crippen molar-refractivity contribution in [2.45, 2.75) is 17.6 Å². The van der Waals surface area contributed by atoms with Crippen molar-refractivity contribution in [3.8, 4) is 11.3 Å². The molecule has 0 fully saturated rings. The van der Waals surface area contributed by atoms with Gasteiger partial charge in [0.15, 0.2) is 0 Å². The van der Waals surface area contributed by atoms with Crippen LogP contribution in [0.2, 0.25) is 5.02 Å². The molecule has 0 aliphatic heterocycles. The minimum Gasteiger partial charge on any atom is -0.268 e. The van der Waals surface area contributed by atoms with E-state index in [9.17, 15) is 26.4 Å². The molecule has 0 saturated heterocycles. The van der Waals surface area contributed by atoms with Gasteiger partial charge in [0.25, 0.3) is 5.56 Å². The first-order valence-corrected chi connectivity index (χ1v) is 10.4. The van der Waals surface area contributed by atoms with E-state index in [0.717, 1.165) is 16.8 Å². The Morgan fingerprint density at radius 2 is 1.67 bits per heavy atom. The molecular weight excluding hydrogens is 443 g/mol. The van der Waals surface area contributed by atoms with Gasteiger partial charge in [-0.25, -0.2) is 17.8 Å². The van der Waals surface area contributed by atoms with E-state index in [4.69, 9.17) is 11.6 Å².